The van der Waals surface area contributed by atoms with Crippen molar-refractivity contribution in [3.8, 4) is 23.0 Å². The lowest BCUT2D eigenvalue weighted by atomic mass is 10.0. The standard InChI is InChI=1S/C44H52Cl2N4O14S2/c1-47-19-15-27(16-20-47)49(35-25-31(9-13-39(35)61-5)65(55,56)29-7-11-37(59-3)33(45)23-29)63-43(53)41(51)42(52)44(54)64-50(28-17-21-48(2)22-18-28)36-26-32(10-14-40(36)62-6)66(57,58)30-8-12-38(60-4)34(46)24-30/h7-14,23-28,41-42,51-52H,15-22H2,1-6H3. The van der Waals surface area contributed by atoms with Crippen LogP contribution in [0.3, 0.4) is 0 Å². The Morgan fingerprint density at radius 1 is 0.545 bits per heavy atom. The highest BCUT2D eigenvalue weighted by Gasteiger charge is 2.40. The van der Waals surface area contributed by atoms with Crippen molar-refractivity contribution < 1.29 is 65.3 Å². The molecular formula is C44H52Cl2N4O14S2. The number of sulfone groups is 2. The molecule has 2 fully saturated rings. The number of anilines is 2. The number of piperidine rings is 2. The smallest absolute Gasteiger partial charge is 0.363 e. The summed E-state index contributed by atoms with van der Waals surface area (Å²) in [5, 5.41) is 25.0. The van der Waals surface area contributed by atoms with Crippen LogP contribution in [0.4, 0.5) is 11.4 Å². The molecule has 2 saturated heterocycles. The molecule has 2 atom stereocenters. The summed E-state index contributed by atoms with van der Waals surface area (Å²) in [7, 11) is 0.795. The first-order valence-corrected chi connectivity index (χ1v) is 24.3. The SMILES string of the molecule is COc1ccc(S(=O)(=O)c2ccc(OC)c(N(OC(=O)C(O)C(O)C(=O)ON(c3cc(S(=O)(=O)c4ccc(OC)c(Cl)c4)ccc3OC)C3CCN(C)CC3)C3CCN(C)CC3)c2)cc1Cl. The monoisotopic (exact) mass is 994 g/mol. The van der Waals surface area contributed by atoms with Gasteiger partial charge >= 0.3 is 11.9 Å². The Kier molecular flexibility index (Phi) is 16.2. The second kappa shape index (κ2) is 21.3. The third-order valence-electron chi connectivity index (χ3n) is 11.5. The maximum absolute atomic E-state index is 14.0. The Bertz CT molecular complexity index is 2450. The molecule has 2 N–H and O–H groups in total. The van der Waals surface area contributed by atoms with Gasteiger partial charge in [-0.1, -0.05) is 23.2 Å². The third kappa shape index (κ3) is 10.9. The van der Waals surface area contributed by atoms with Crippen molar-refractivity contribution >= 4 is 66.2 Å². The molecule has 18 nitrogen and oxygen atoms in total. The number of ether oxygens (including phenoxy) is 4. The average Bonchev–Trinajstić information content (AvgIpc) is 3.31. The Balaban J connectivity index is 1.31. The van der Waals surface area contributed by atoms with E-state index in [1.165, 1.54) is 101 Å². The van der Waals surface area contributed by atoms with Crippen molar-refractivity contribution in [1.29, 1.82) is 0 Å². The number of carbonyl (C=O) groups excluding carboxylic acids is 2. The van der Waals surface area contributed by atoms with Gasteiger partial charge in [0, 0.05) is 0 Å². The first-order valence-electron chi connectivity index (χ1n) is 20.6. The molecule has 2 heterocycles. The molecule has 22 heteroatoms. The third-order valence-corrected chi connectivity index (χ3v) is 15.6. The molecular weight excluding hydrogens is 944 g/mol. The minimum absolute atomic E-state index is 0.00219. The zero-order valence-corrected chi connectivity index (χ0v) is 40.2. The first-order chi connectivity index (χ1) is 31.3. The summed E-state index contributed by atoms with van der Waals surface area (Å²) in [6, 6.07) is 14.7. The Hall–Kier alpha value is -5.06. The fraction of sp³-hybridized carbons (Fsp3) is 0.409. The molecule has 0 aliphatic carbocycles. The van der Waals surface area contributed by atoms with Crippen molar-refractivity contribution in [3.05, 3.63) is 82.8 Å². The summed E-state index contributed by atoms with van der Waals surface area (Å²) in [5.41, 5.74) is -0.00438. The number of rotatable bonds is 17. The van der Waals surface area contributed by atoms with E-state index in [4.69, 9.17) is 51.8 Å². The number of hydroxylamine groups is 2. The van der Waals surface area contributed by atoms with Gasteiger partial charge < -0.3 is 48.6 Å². The van der Waals surface area contributed by atoms with E-state index >= 15 is 0 Å². The number of aliphatic hydroxyl groups is 2. The largest absolute Gasteiger partial charge is 0.495 e. The van der Waals surface area contributed by atoms with Crippen molar-refractivity contribution in [3.63, 3.8) is 0 Å². The van der Waals surface area contributed by atoms with E-state index in [0.717, 1.165) is 10.1 Å². The molecule has 2 unspecified atom stereocenters. The predicted molar refractivity (Wildman–Crippen MR) is 243 cm³/mol. The van der Waals surface area contributed by atoms with Gasteiger partial charge in [-0.15, -0.1) is 0 Å². The number of nitrogens with zero attached hydrogens (tertiary/aromatic N) is 4. The lowest BCUT2D eigenvalue weighted by Gasteiger charge is -2.38. The number of hydrogen-bond donors (Lipinski definition) is 2. The van der Waals surface area contributed by atoms with Crippen molar-refractivity contribution in [2.24, 2.45) is 0 Å². The summed E-state index contributed by atoms with van der Waals surface area (Å²) in [6.07, 6.45) is -3.45. The fourth-order valence-electron chi connectivity index (χ4n) is 7.58. The number of halogens is 2. The van der Waals surface area contributed by atoms with Crippen LogP contribution in [0.25, 0.3) is 0 Å². The number of benzene rings is 4. The van der Waals surface area contributed by atoms with Crippen LogP contribution in [-0.2, 0) is 38.9 Å². The molecule has 0 bridgehead atoms. The van der Waals surface area contributed by atoms with Gasteiger partial charge in [0.15, 0.2) is 12.2 Å². The number of carbonyl (C=O) groups is 2. The summed E-state index contributed by atoms with van der Waals surface area (Å²) >= 11 is 12.6. The van der Waals surface area contributed by atoms with Crippen molar-refractivity contribution in [2.45, 2.75) is 69.6 Å². The molecule has 0 saturated carbocycles. The Labute approximate surface area is 393 Å². The summed E-state index contributed by atoms with van der Waals surface area (Å²) in [6.45, 7) is 2.20. The lowest BCUT2D eigenvalue weighted by molar-refractivity contribution is -0.176. The van der Waals surface area contributed by atoms with Crippen LogP contribution in [0, 0.1) is 0 Å². The second-order valence-electron chi connectivity index (χ2n) is 15.7. The van der Waals surface area contributed by atoms with Gasteiger partial charge in [0.05, 0.1) is 70.2 Å². The molecule has 4 aromatic carbocycles. The molecule has 4 aromatic rings. The van der Waals surface area contributed by atoms with Gasteiger partial charge in [0.25, 0.3) is 0 Å². The van der Waals surface area contributed by atoms with Gasteiger partial charge in [-0.25, -0.2) is 26.4 Å². The van der Waals surface area contributed by atoms with E-state index in [0.29, 0.717) is 51.9 Å². The Morgan fingerprint density at radius 2 is 0.833 bits per heavy atom. The molecule has 6 rings (SSSR count). The van der Waals surface area contributed by atoms with Crippen LogP contribution in [-0.4, -0.2) is 142 Å². The number of hydrogen-bond acceptors (Lipinski definition) is 18. The zero-order chi connectivity index (χ0) is 48.1. The molecule has 0 radical (unpaired) electrons. The second-order valence-corrected chi connectivity index (χ2v) is 20.4. The van der Waals surface area contributed by atoms with Gasteiger partial charge in [0.1, 0.15) is 34.4 Å². The van der Waals surface area contributed by atoms with Gasteiger partial charge in [-0.05, 0) is 139 Å². The van der Waals surface area contributed by atoms with Crippen LogP contribution in [0.1, 0.15) is 25.7 Å². The molecule has 0 spiro atoms. The summed E-state index contributed by atoms with van der Waals surface area (Å²) in [5.74, 6) is -2.23. The first kappa shape index (κ1) is 50.4. The van der Waals surface area contributed by atoms with Crippen LogP contribution in [0.15, 0.2) is 92.4 Å². The number of methoxy groups -OCH3 is 4. The molecule has 0 aromatic heterocycles. The highest BCUT2D eigenvalue weighted by atomic mass is 35.5. The topological polar surface area (TPSA) is 211 Å². The van der Waals surface area contributed by atoms with E-state index in [-0.39, 0.29) is 64.0 Å². The van der Waals surface area contributed by atoms with E-state index in [1.54, 1.807) is 0 Å². The highest BCUT2D eigenvalue weighted by Crippen LogP contribution is 2.40. The van der Waals surface area contributed by atoms with Gasteiger partial charge in [0.2, 0.25) is 19.7 Å². The van der Waals surface area contributed by atoms with Crippen molar-refractivity contribution in [1.82, 2.24) is 9.80 Å². The molecule has 66 heavy (non-hydrogen) atoms. The van der Waals surface area contributed by atoms with E-state index in [2.05, 4.69) is 0 Å². The van der Waals surface area contributed by atoms with Gasteiger partial charge in [-0.2, -0.15) is 10.1 Å². The maximum Gasteiger partial charge on any atom is 0.363 e. The van der Waals surface area contributed by atoms with Crippen LogP contribution < -0.4 is 29.1 Å². The van der Waals surface area contributed by atoms with Crippen LogP contribution in [0.2, 0.25) is 10.0 Å². The van der Waals surface area contributed by atoms with Crippen molar-refractivity contribution in [2.75, 3.05) is 78.8 Å². The number of likely N-dealkylation sites (tertiary alicyclic amines) is 2. The summed E-state index contributed by atoms with van der Waals surface area (Å²) < 4.78 is 77.3. The summed E-state index contributed by atoms with van der Waals surface area (Å²) in [4.78, 5) is 42.8. The van der Waals surface area contributed by atoms with Gasteiger partial charge in [-0.3, -0.25) is 0 Å². The highest BCUT2D eigenvalue weighted by molar-refractivity contribution is 7.91. The molecule has 2 aliphatic rings. The number of aliphatic hydroxyl groups excluding tert-OH is 2. The predicted octanol–water partition coefficient (Wildman–Crippen LogP) is 4.83. The van der Waals surface area contributed by atoms with E-state index < -0.39 is 55.9 Å². The quantitative estimate of drug-likeness (QED) is 0.136. The van der Waals surface area contributed by atoms with E-state index in [1.807, 2.05) is 23.9 Å². The molecule has 0 amide bonds. The normalized spacial score (nSPS) is 16.5. The minimum atomic E-state index is -4.24. The maximum atomic E-state index is 14.0. The minimum Gasteiger partial charge on any atom is -0.495 e. The molecule has 358 valence electrons. The average molecular weight is 996 g/mol. The Morgan fingerprint density at radius 3 is 1.12 bits per heavy atom. The van der Waals surface area contributed by atoms with Crippen LogP contribution >= 0.6 is 23.2 Å². The van der Waals surface area contributed by atoms with E-state index in [9.17, 15) is 36.6 Å². The fourth-order valence-corrected chi connectivity index (χ4v) is 10.8. The zero-order valence-electron chi connectivity index (χ0n) is 37.0. The lowest BCUT2D eigenvalue weighted by Crippen LogP contribution is -2.51. The molecule has 2 aliphatic heterocycles. The van der Waals surface area contributed by atoms with Crippen LogP contribution in [0.5, 0.6) is 23.0 Å².